The molecule has 1 aromatic rings. The molecule has 0 amide bonds. The molecule has 3 rings (SSSR count). The van der Waals surface area contributed by atoms with Gasteiger partial charge in [0.2, 0.25) is 0 Å². The highest BCUT2D eigenvalue weighted by molar-refractivity contribution is 5.16. The van der Waals surface area contributed by atoms with Crippen LogP contribution in [0.15, 0.2) is 6.20 Å². The molecule has 1 aromatic heterocycles. The fourth-order valence-electron chi connectivity index (χ4n) is 3.44. The van der Waals surface area contributed by atoms with Crippen LogP contribution in [0.3, 0.4) is 0 Å². The second-order valence-electron chi connectivity index (χ2n) is 6.90. The summed E-state index contributed by atoms with van der Waals surface area (Å²) in [6.45, 7) is 13.0. The summed E-state index contributed by atoms with van der Waals surface area (Å²) < 4.78 is 13.8. The summed E-state index contributed by atoms with van der Waals surface area (Å²) in [5.74, 6) is 0. The summed E-state index contributed by atoms with van der Waals surface area (Å²) in [5.41, 5.74) is 2.38. The summed E-state index contributed by atoms with van der Waals surface area (Å²) in [6, 6.07) is 0.413. The topological polar surface area (TPSA) is 39.5 Å². The highest BCUT2D eigenvalue weighted by Gasteiger charge is 2.42. The number of nitrogens with zero attached hydrogens (tertiary/aromatic N) is 3. The molecule has 2 fully saturated rings. The molecule has 0 unspecified atom stereocenters. The van der Waals surface area contributed by atoms with Gasteiger partial charge in [-0.2, -0.15) is 5.10 Å². The van der Waals surface area contributed by atoms with Crippen molar-refractivity contribution >= 4 is 0 Å². The zero-order valence-electron chi connectivity index (χ0n) is 13.6. The van der Waals surface area contributed by atoms with Gasteiger partial charge in [0, 0.05) is 50.5 Å². The maximum atomic E-state index is 6.19. The molecule has 5 nitrogen and oxygen atoms in total. The molecule has 0 aromatic carbocycles. The third kappa shape index (κ3) is 3.15. The second kappa shape index (κ2) is 5.71. The van der Waals surface area contributed by atoms with Crippen LogP contribution in [0.5, 0.6) is 0 Å². The number of aryl methyl sites for hydroxylation is 1. The Hall–Kier alpha value is -0.910. The Labute approximate surface area is 127 Å². The number of rotatable bonds is 3. The number of morpholine rings is 1. The van der Waals surface area contributed by atoms with Gasteiger partial charge < -0.3 is 9.47 Å². The minimum atomic E-state index is -0.0837. The van der Waals surface area contributed by atoms with Crippen molar-refractivity contribution in [1.29, 1.82) is 0 Å². The zero-order chi connectivity index (χ0) is 15.0. The Balaban J connectivity index is 1.72. The summed E-state index contributed by atoms with van der Waals surface area (Å²) >= 11 is 0. The van der Waals surface area contributed by atoms with Crippen molar-refractivity contribution in [3.05, 3.63) is 17.5 Å². The molecule has 0 radical (unpaired) electrons. The normalized spacial score (nSPS) is 30.6. The molecule has 21 heavy (non-hydrogen) atoms. The van der Waals surface area contributed by atoms with Crippen molar-refractivity contribution in [3.63, 3.8) is 0 Å². The molecule has 1 spiro atoms. The minimum absolute atomic E-state index is 0.0837. The van der Waals surface area contributed by atoms with E-state index in [4.69, 9.17) is 9.47 Å². The van der Waals surface area contributed by atoms with E-state index in [0.29, 0.717) is 6.04 Å². The van der Waals surface area contributed by atoms with Crippen LogP contribution in [0.4, 0.5) is 0 Å². The molecule has 5 heteroatoms. The molecule has 3 heterocycles. The molecule has 0 N–H and O–H groups in total. The first-order valence-corrected chi connectivity index (χ1v) is 8.00. The molecule has 0 aliphatic carbocycles. The van der Waals surface area contributed by atoms with E-state index in [2.05, 4.69) is 48.6 Å². The highest BCUT2D eigenvalue weighted by Crippen LogP contribution is 2.30. The molecule has 2 aliphatic rings. The predicted octanol–water partition coefficient (Wildman–Crippen LogP) is 2.15. The van der Waals surface area contributed by atoms with Gasteiger partial charge in [0.05, 0.1) is 18.4 Å². The van der Waals surface area contributed by atoms with Crippen LogP contribution in [0.1, 0.15) is 44.5 Å². The Morgan fingerprint density at radius 1 is 1.48 bits per heavy atom. The maximum Gasteiger partial charge on any atom is 0.107 e. The van der Waals surface area contributed by atoms with Gasteiger partial charge in [0.1, 0.15) is 5.60 Å². The Kier molecular flexibility index (Phi) is 4.08. The second-order valence-corrected chi connectivity index (χ2v) is 6.90. The molecule has 0 saturated carbocycles. The van der Waals surface area contributed by atoms with Gasteiger partial charge in [-0.15, -0.1) is 0 Å². The van der Waals surface area contributed by atoms with Crippen LogP contribution in [0.2, 0.25) is 0 Å². The Morgan fingerprint density at radius 3 is 2.90 bits per heavy atom. The summed E-state index contributed by atoms with van der Waals surface area (Å²) in [4.78, 5) is 2.50. The fraction of sp³-hybridized carbons (Fsp3) is 0.812. The first kappa shape index (κ1) is 15.0. The predicted molar refractivity (Wildman–Crippen MR) is 81.3 cm³/mol. The zero-order valence-corrected chi connectivity index (χ0v) is 13.6. The van der Waals surface area contributed by atoms with E-state index in [-0.39, 0.29) is 11.7 Å². The monoisotopic (exact) mass is 293 g/mol. The van der Waals surface area contributed by atoms with E-state index in [0.717, 1.165) is 45.0 Å². The summed E-state index contributed by atoms with van der Waals surface area (Å²) in [6.07, 6.45) is 3.47. The SMILES string of the molecule is Cc1nn(C(C)C)cc1CN1C[C@H](C)O[C@]2(CCOC2)C1. The van der Waals surface area contributed by atoms with Crippen molar-refractivity contribution in [2.45, 2.75) is 58.4 Å². The van der Waals surface area contributed by atoms with Crippen LogP contribution in [0, 0.1) is 6.92 Å². The van der Waals surface area contributed by atoms with E-state index in [1.807, 2.05) is 0 Å². The van der Waals surface area contributed by atoms with Gasteiger partial charge in [-0.3, -0.25) is 9.58 Å². The van der Waals surface area contributed by atoms with Crippen LogP contribution in [-0.2, 0) is 16.0 Å². The van der Waals surface area contributed by atoms with Gasteiger partial charge in [0.15, 0.2) is 0 Å². The van der Waals surface area contributed by atoms with Crippen molar-refractivity contribution in [3.8, 4) is 0 Å². The standard InChI is InChI=1S/C16H27N3O2/c1-12(2)19-9-15(14(4)17-19)8-18-7-13(3)21-16(10-18)5-6-20-11-16/h9,12-13H,5-8,10-11H2,1-4H3/t13-,16+/m0/s1. The Bertz CT molecular complexity index is 492. The quantitative estimate of drug-likeness (QED) is 0.856. The van der Waals surface area contributed by atoms with E-state index in [1.165, 1.54) is 5.56 Å². The average Bonchev–Trinajstić information content (AvgIpc) is 2.97. The molecule has 2 saturated heterocycles. The molecule has 2 aliphatic heterocycles. The summed E-state index contributed by atoms with van der Waals surface area (Å²) in [7, 11) is 0. The van der Waals surface area contributed by atoms with E-state index in [9.17, 15) is 0 Å². The molecule has 2 atom stereocenters. The van der Waals surface area contributed by atoms with Crippen molar-refractivity contribution < 1.29 is 9.47 Å². The first-order chi connectivity index (χ1) is 9.97. The highest BCUT2D eigenvalue weighted by atomic mass is 16.6. The largest absolute Gasteiger partial charge is 0.378 e. The lowest BCUT2D eigenvalue weighted by molar-refractivity contribution is -0.149. The van der Waals surface area contributed by atoms with Gasteiger partial charge in [-0.25, -0.2) is 0 Å². The van der Waals surface area contributed by atoms with Gasteiger partial charge in [0.25, 0.3) is 0 Å². The lowest BCUT2D eigenvalue weighted by atomic mass is 9.99. The molecular weight excluding hydrogens is 266 g/mol. The average molecular weight is 293 g/mol. The van der Waals surface area contributed by atoms with Crippen LogP contribution in [-0.4, -0.2) is 52.7 Å². The van der Waals surface area contributed by atoms with Crippen molar-refractivity contribution in [2.75, 3.05) is 26.3 Å². The lowest BCUT2D eigenvalue weighted by Gasteiger charge is -2.42. The first-order valence-electron chi connectivity index (χ1n) is 8.00. The third-order valence-electron chi connectivity index (χ3n) is 4.49. The van der Waals surface area contributed by atoms with Crippen molar-refractivity contribution in [1.82, 2.24) is 14.7 Å². The molecule has 0 bridgehead atoms. The van der Waals surface area contributed by atoms with Crippen LogP contribution in [0.25, 0.3) is 0 Å². The van der Waals surface area contributed by atoms with E-state index < -0.39 is 0 Å². The lowest BCUT2D eigenvalue weighted by Crippen LogP contribution is -2.55. The smallest absolute Gasteiger partial charge is 0.107 e. The third-order valence-corrected chi connectivity index (χ3v) is 4.49. The van der Waals surface area contributed by atoms with Gasteiger partial charge in [-0.1, -0.05) is 0 Å². The fourth-order valence-corrected chi connectivity index (χ4v) is 3.44. The number of ether oxygens (including phenoxy) is 2. The number of hydrogen-bond acceptors (Lipinski definition) is 4. The van der Waals surface area contributed by atoms with Gasteiger partial charge >= 0.3 is 0 Å². The van der Waals surface area contributed by atoms with Crippen molar-refractivity contribution in [2.24, 2.45) is 0 Å². The number of hydrogen-bond donors (Lipinski definition) is 0. The minimum Gasteiger partial charge on any atom is -0.378 e. The number of aromatic nitrogens is 2. The Morgan fingerprint density at radius 2 is 2.29 bits per heavy atom. The van der Waals surface area contributed by atoms with Gasteiger partial charge in [-0.05, 0) is 27.7 Å². The van der Waals surface area contributed by atoms with Crippen LogP contribution < -0.4 is 0 Å². The summed E-state index contributed by atoms with van der Waals surface area (Å²) in [5, 5.41) is 4.62. The van der Waals surface area contributed by atoms with E-state index in [1.54, 1.807) is 0 Å². The van der Waals surface area contributed by atoms with E-state index >= 15 is 0 Å². The maximum absolute atomic E-state index is 6.19. The molecular formula is C16H27N3O2. The van der Waals surface area contributed by atoms with Crippen LogP contribution >= 0.6 is 0 Å². The molecule has 118 valence electrons.